The van der Waals surface area contributed by atoms with Gasteiger partial charge >= 0.3 is 0 Å². The van der Waals surface area contributed by atoms with Gasteiger partial charge in [0.15, 0.2) is 0 Å². The van der Waals surface area contributed by atoms with Gasteiger partial charge in [-0.1, -0.05) is 28.3 Å². The van der Waals surface area contributed by atoms with E-state index in [0.717, 1.165) is 0 Å². The lowest BCUT2D eigenvalue weighted by Crippen LogP contribution is -2.21. The molecule has 86 valence electrons. The second-order valence-electron chi connectivity index (χ2n) is 3.13. The minimum atomic E-state index is -1.19. The zero-order chi connectivity index (χ0) is 12.1. The highest BCUT2D eigenvalue weighted by Gasteiger charge is 2.18. The van der Waals surface area contributed by atoms with E-state index < -0.39 is 12.2 Å². The second kappa shape index (κ2) is 5.94. The van der Waals surface area contributed by atoms with Gasteiger partial charge in [0.2, 0.25) is 0 Å². The number of rotatable bonds is 4. The quantitative estimate of drug-likeness (QED) is 0.496. The molecule has 16 heavy (non-hydrogen) atoms. The van der Waals surface area contributed by atoms with Crippen LogP contribution in [0.4, 0.5) is 0 Å². The Balaban J connectivity index is 2.86. The number of halogens is 2. The molecule has 0 aliphatic carbocycles. The first kappa shape index (κ1) is 13.1. The molecule has 2 N–H and O–H groups in total. The molecular weight excluding hydrogens is 253 g/mol. The molecule has 0 fully saturated rings. The van der Waals surface area contributed by atoms with Gasteiger partial charge in [0.25, 0.3) is 0 Å². The maximum atomic E-state index is 9.71. The van der Waals surface area contributed by atoms with Gasteiger partial charge in [0.1, 0.15) is 6.10 Å². The van der Waals surface area contributed by atoms with E-state index in [4.69, 9.17) is 28.7 Å². The van der Waals surface area contributed by atoms with Crippen LogP contribution in [0, 0.1) is 0 Å². The third-order valence-corrected chi connectivity index (χ3v) is 2.36. The summed E-state index contributed by atoms with van der Waals surface area (Å²) >= 11 is 11.5. The Hall–Kier alpha value is -0.970. The standard InChI is InChI=1S/C9H9Cl2N3O2/c10-6-1-5(2-7(11)3-6)9(16)8(15)4-13-14-12/h1-3,8-9,15-16H,4H2. The van der Waals surface area contributed by atoms with Crippen molar-refractivity contribution in [2.45, 2.75) is 12.2 Å². The van der Waals surface area contributed by atoms with Crippen LogP contribution in [-0.2, 0) is 0 Å². The molecule has 1 rings (SSSR count). The Morgan fingerprint density at radius 2 is 1.81 bits per heavy atom. The zero-order valence-corrected chi connectivity index (χ0v) is 9.60. The van der Waals surface area contributed by atoms with Crippen LogP contribution in [0.15, 0.2) is 23.3 Å². The van der Waals surface area contributed by atoms with Crippen molar-refractivity contribution in [3.05, 3.63) is 44.3 Å². The maximum Gasteiger partial charge on any atom is 0.105 e. The fraction of sp³-hybridized carbons (Fsp3) is 0.333. The molecule has 5 nitrogen and oxygen atoms in total. The zero-order valence-electron chi connectivity index (χ0n) is 8.09. The largest absolute Gasteiger partial charge is 0.390 e. The average Bonchev–Trinajstić information content (AvgIpc) is 2.23. The van der Waals surface area contributed by atoms with Crippen molar-refractivity contribution < 1.29 is 10.2 Å². The number of hydrogen-bond donors (Lipinski definition) is 2. The van der Waals surface area contributed by atoms with Crippen molar-refractivity contribution in [2.75, 3.05) is 6.54 Å². The fourth-order valence-electron chi connectivity index (χ4n) is 1.19. The van der Waals surface area contributed by atoms with E-state index in [1.807, 2.05) is 0 Å². The highest BCUT2D eigenvalue weighted by atomic mass is 35.5. The summed E-state index contributed by atoms with van der Waals surface area (Å²) in [7, 11) is 0. The van der Waals surface area contributed by atoms with Gasteiger partial charge < -0.3 is 10.2 Å². The van der Waals surface area contributed by atoms with E-state index in [1.54, 1.807) is 0 Å². The Morgan fingerprint density at radius 3 is 2.31 bits per heavy atom. The number of azide groups is 1. The lowest BCUT2D eigenvalue weighted by atomic mass is 10.0. The third kappa shape index (κ3) is 3.56. The van der Waals surface area contributed by atoms with Gasteiger partial charge in [-0.05, 0) is 29.3 Å². The smallest absolute Gasteiger partial charge is 0.105 e. The van der Waals surface area contributed by atoms with Crippen LogP contribution in [0.5, 0.6) is 0 Å². The first-order chi connectivity index (χ1) is 7.54. The molecule has 0 heterocycles. The molecule has 0 amide bonds. The summed E-state index contributed by atoms with van der Waals surface area (Å²) in [6, 6.07) is 4.48. The van der Waals surface area contributed by atoms with E-state index >= 15 is 0 Å². The summed E-state index contributed by atoms with van der Waals surface area (Å²) in [5, 5.41) is 23.1. The van der Waals surface area contributed by atoms with E-state index in [9.17, 15) is 10.2 Å². The van der Waals surface area contributed by atoms with Crippen molar-refractivity contribution in [1.29, 1.82) is 0 Å². The first-order valence-electron chi connectivity index (χ1n) is 4.37. The van der Waals surface area contributed by atoms with Crippen molar-refractivity contribution in [3.63, 3.8) is 0 Å². The topological polar surface area (TPSA) is 89.2 Å². The number of aliphatic hydroxyl groups is 2. The first-order valence-corrected chi connectivity index (χ1v) is 5.13. The van der Waals surface area contributed by atoms with Gasteiger partial charge in [0, 0.05) is 15.0 Å². The summed E-state index contributed by atoms with van der Waals surface area (Å²) < 4.78 is 0. The predicted molar refractivity (Wildman–Crippen MR) is 61.4 cm³/mol. The van der Waals surface area contributed by atoms with Crippen LogP contribution < -0.4 is 0 Å². The Bertz CT molecular complexity index is 401. The van der Waals surface area contributed by atoms with E-state index in [0.29, 0.717) is 15.6 Å². The molecule has 0 aliphatic rings. The van der Waals surface area contributed by atoms with Crippen LogP contribution >= 0.6 is 23.2 Å². The SMILES string of the molecule is [N-]=[N+]=NCC(O)C(O)c1cc(Cl)cc(Cl)c1. The molecule has 0 saturated carbocycles. The van der Waals surface area contributed by atoms with Gasteiger partial charge in [0.05, 0.1) is 12.6 Å². The van der Waals surface area contributed by atoms with Crippen LogP contribution in [0.2, 0.25) is 10.0 Å². The summed E-state index contributed by atoms with van der Waals surface area (Å²) in [4.78, 5) is 2.49. The van der Waals surface area contributed by atoms with Crippen LogP contribution in [-0.4, -0.2) is 22.9 Å². The molecule has 0 radical (unpaired) electrons. The maximum absolute atomic E-state index is 9.71. The molecule has 0 bridgehead atoms. The molecule has 7 heteroatoms. The van der Waals surface area contributed by atoms with Crippen molar-refractivity contribution in [1.82, 2.24) is 0 Å². The number of aliphatic hydroxyl groups excluding tert-OH is 2. The van der Waals surface area contributed by atoms with Crippen LogP contribution in [0.3, 0.4) is 0 Å². The minimum Gasteiger partial charge on any atom is -0.390 e. The summed E-state index contributed by atoms with van der Waals surface area (Å²) in [5.41, 5.74) is 8.45. The molecule has 0 saturated heterocycles. The Morgan fingerprint density at radius 1 is 1.25 bits per heavy atom. The molecule has 2 unspecified atom stereocenters. The van der Waals surface area contributed by atoms with E-state index in [1.165, 1.54) is 18.2 Å². The third-order valence-electron chi connectivity index (χ3n) is 1.92. The highest BCUT2D eigenvalue weighted by Crippen LogP contribution is 2.25. The number of hydrogen-bond acceptors (Lipinski definition) is 3. The van der Waals surface area contributed by atoms with E-state index in [-0.39, 0.29) is 6.54 Å². The van der Waals surface area contributed by atoms with Crippen molar-refractivity contribution in [3.8, 4) is 0 Å². The van der Waals surface area contributed by atoms with Crippen LogP contribution in [0.1, 0.15) is 11.7 Å². The molecule has 2 atom stereocenters. The normalized spacial score (nSPS) is 14.0. The molecule has 1 aromatic rings. The monoisotopic (exact) mass is 261 g/mol. The predicted octanol–water partition coefficient (Wildman–Crippen LogP) is 2.70. The Kier molecular flexibility index (Phi) is 4.86. The Labute approximate surface area is 102 Å². The molecule has 0 aromatic heterocycles. The molecular formula is C9H9Cl2N3O2. The highest BCUT2D eigenvalue weighted by molar-refractivity contribution is 6.34. The van der Waals surface area contributed by atoms with E-state index in [2.05, 4.69) is 10.0 Å². The lowest BCUT2D eigenvalue weighted by Gasteiger charge is -2.16. The lowest BCUT2D eigenvalue weighted by molar-refractivity contribution is 0.0244. The van der Waals surface area contributed by atoms with Gasteiger partial charge in [-0.25, -0.2) is 0 Å². The fourth-order valence-corrected chi connectivity index (χ4v) is 1.73. The minimum absolute atomic E-state index is 0.220. The summed E-state index contributed by atoms with van der Waals surface area (Å²) in [6.45, 7) is -0.220. The van der Waals surface area contributed by atoms with Gasteiger partial charge in [-0.2, -0.15) is 0 Å². The van der Waals surface area contributed by atoms with Crippen molar-refractivity contribution in [2.24, 2.45) is 5.11 Å². The van der Waals surface area contributed by atoms with Crippen molar-refractivity contribution >= 4 is 23.2 Å². The van der Waals surface area contributed by atoms with Gasteiger partial charge in [-0.15, -0.1) is 0 Å². The number of nitrogens with zero attached hydrogens (tertiary/aromatic N) is 3. The van der Waals surface area contributed by atoms with Crippen LogP contribution in [0.25, 0.3) is 10.4 Å². The number of benzene rings is 1. The summed E-state index contributed by atoms with van der Waals surface area (Å²) in [6.07, 6.45) is -2.38. The second-order valence-corrected chi connectivity index (χ2v) is 4.00. The molecule has 0 spiro atoms. The van der Waals surface area contributed by atoms with Gasteiger partial charge in [-0.3, -0.25) is 0 Å². The molecule has 1 aromatic carbocycles. The average molecular weight is 262 g/mol. The summed E-state index contributed by atoms with van der Waals surface area (Å²) in [5.74, 6) is 0. The molecule has 0 aliphatic heterocycles.